The van der Waals surface area contributed by atoms with Gasteiger partial charge in [-0.3, -0.25) is 10.1 Å². The quantitative estimate of drug-likeness (QED) is 0.328. The first-order valence-electron chi connectivity index (χ1n) is 8.75. The lowest BCUT2D eigenvalue weighted by Crippen LogP contribution is -2.36. The molecule has 0 saturated heterocycles. The van der Waals surface area contributed by atoms with Gasteiger partial charge in [0, 0.05) is 12.1 Å². The molecule has 29 heavy (non-hydrogen) atoms. The van der Waals surface area contributed by atoms with E-state index in [-0.39, 0.29) is 16.8 Å². The van der Waals surface area contributed by atoms with E-state index in [2.05, 4.69) is 5.32 Å². The Bertz CT molecular complexity index is 955. The number of rotatable bonds is 5. The minimum Gasteiger partial charge on any atom is -0.508 e. The first-order chi connectivity index (χ1) is 13.6. The molecule has 0 unspecified atom stereocenters. The number of nitrogens with one attached hydrogen (secondary N) is 1. The van der Waals surface area contributed by atoms with E-state index in [9.17, 15) is 25.3 Å². The van der Waals surface area contributed by atoms with Crippen molar-refractivity contribution in [2.45, 2.75) is 32.4 Å². The molecule has 0 aromatic heterocycles. The lowest BCUT2D eigenvalue weighted by molar-refractivity contribution is -0.384. The summed E-state index contributed by atoms with van der Waals surface area (Å²) in [6, 6.07) is 14.7. The van der Waals surface area contributed by atoms with E-state index in [1.165, 1.54) is 24.3 Å². The van der Waals surface area contributed by atoms with Gasteiger partial charge in [0.05, 0.1) is 10.5 Å². The van der Waals surface area contributed by atoms with Crippen molar-refractivity contribution in [1.29, 1.82) is 5.26 Å². The van der Waals surface area contributed by atoms with Crippen LogP contribution < -0.4 is 5.32 Å². The fourth-order valence-electron chi connectivity index (χ4n) is 2.54. The third-order valence-corrected chi connectivity index (χ3v) is 3.80. The summed E-state index contributed by atoms with van der Waals surface area (Å²) in [6.45, 7) is 5.12. The van der Waals surface area contributed by atoms with Gasteiger partial charge in [-0.15, -0.1) is 0 Å². The number of aliphatic hydroxyl groups excluding tert-OH is 1. The van der Waals surface area contributed by atoms with E-state index in [4.69, 9.17) is 4.74 Å². The van der Waals surface area contributed by atoms with Crippen LogP contribution in [-0.2, 0) is 4.74 Å². The molecule has 0 bridgehead atoms. The fourth-order valence-corrected chi connectivity index (χ4v) is 2.54. The van der Waals surface area contributed by atoms with E-state index in [0.29, 0.717) is 5.56 Å². The Balaban J connectivity index is 2.47. The Labute approximate surface area is 168 Å². The van der Waals surface area contributed by atoms with Gasteiger partial charge in [-0.2, -0.15) is 5.26 Å². The molecule has 0 heterocycles. The Morgan fingerprint density at radius 1 is 1.17 bits per heavy atom. The maximum absolute atomic E-state index is 12.3. The number of aliphatic hydroxyl groups is 1. The molecule has 1 atom stereocenters. The monoisotopic (exact) mass is 395 g/mol. The minimum absolute atomic E-state index is 0.121. The van der Waals surface area contributed by atoms with E-state index < -0.39 is 28.4 Å². The molecule has 0 aliphatic heterocycles. The number of alkyl carbamates (subject to hydrolysis) is 1. The molecule has 1 amide bonds. The number of allylic oxidation sites excluding steroid dienone is 1. The number of ether oxygens (including phenoxy) is 1. The second kappa shape index (κ2) is 8.89. The van der Waals surface area contributed by atoms with Crippen molar-refractivity contribution in [3.8, 4) is 6.07 Å². The van der Waals surface area contributed by atoms with Crippen molar-refractivity contribution in [2.75, 3.05) is 0 Å². The molecule has 2 aromatic carbocycles. The van der Waals surface area contributed by atoms with Crippen molar-refractivity contribution >= 4 is 17.4 Å². The van der Waals surface area contributed by atoms with Crippen molar-refractivity contribution in [1.82, 2.24) is 5.32 Å². The standard InChI is InChI=1S/C21H21N3O5/c1-21(2,3)29-20(26)23-18(15-7-5-4-6-8-15)19(25)17(13-22)14-9-11-16(12-10-14)24(27)28/h4-12,18,25H,1-3H3,(H,23,26)/b19-17-/t18-/m0/s1. The molecule has 0 aliphatic rings. The Morgan fingerprint density at radius 2 is 1.76 bits per heavy atom. The SMILES string of the molecule is CC(C)(C)OC(=O)N[C@H](/C(O)=C(\C#N)c1ccc([N+](=O)[O-])cc1)c1ccccc1. The van der Waals surface area contributed by atoms with Crippen LogP contribution in [0.3, 0.4) is 0 Å². The summed E-state index contributed by atoms with van der Waals surface area (Å²) < 4.78 is 5.26. The van der Waals surface area contributed by atoms with Gasteiger partial charge in [0.25, 0.3) is 5.69 Å². The number of amides is 1. The first-order valence-corrected chi connectivity index (χ1v) is 8.75. The number of carbonyl (C=O) groups excluding carboxylic acids is 1. The second-order valence-electron chi connectivity index (χ2n) is 7.17. The highest BCUT2D eigenvalue weighted by Gasteiger charge is 2.26. The predicted molar refractivity (Wildman–Crippen MR) is 107 cm³/mol. The zero-order valence-corrected chi connectivity index (χ0v) is 16.2. The first kappa shape index (κ1) is 21.4. The van der Waals surface area contributed by atoms with Gasteiger partial charge in [-0.05, 0) is 44.0 Å². The number of nitrogens with zero attached hydrogens (tertiary/aromatic N) is 2. The molecule has 8 nitrogen and oxygen atoms in total. The number of non-ortho nitro benzene ring substituents is 1. The van der Waals surface area contributed by atoms with Gasteiger partial charge in [0.2, 0.25) is 0 Å². The summed E-state index contributed by atoms with van der Waals surface area (Å²) in [6.07, 6.45) is -0.765. The minimum atomic E-state index is -1.05. The summed E-state index contributed by atoms with van der Waals surface area (Å²) in [5, 5.41) is 33.9. The molecule has 2 N–H and O–H groups in total. The third kappa shape index (κ3) is 5.81. The zero-order chi connectivity index (χ0) is 21.6. The molecule has 0 aliphatic carbocycles. The van der Waals surface area contributed by atoms with Gasteiger partial charge < -0.3 is 15.2 Å². The molecular weight excluding hydrogens is 374 g/mol. The van der Waals surface area contributed by atoms with E-state index in [1.807, 2.05) is 6.07 Å². The smallest absolute Gasteiger partial charge is 0.408 e. The number of hydrogen-bond donors (Lipinski definition) is 2. The Kier molecular flexibility index (Phi) is 6.57. The summed E-state index contributed by atoms with van der Waals surface area (Å²) in [5.74, 6) is -0.404. The molecule has 2 rings (SSSR count). The van der Waals surface area contributed by atoms with Gasteiger partial charge in [-0.25, -0.2) is 4.79 Å². The molecule has 0 saturated carbocycles. The van der Waals surface area contributed by atoms with Crippen LogP contribution in [0, 0.1) is 21.4 Å². The van der Waals surface area contributed by atoms with Crippen LogP contribution in [0.5, 0.6) is 0 Å². The maximum atomic E-state index is 12.3. The Hall–Kier alpha value is -3.86. The number of hydrogen-bond acceptors (Lipinski definition) is 6. The highest BCUT2D eigenvalue weighted by atomic mass is 16.6. The lowest BCUT2D eigenvalue weighted by Gasteiger charge is -2.24. The summed E-state index contributed by atoms with van der Waals surface area (Å²) >= 11 is 0. The van der Waals surface area contributed by atoms with Gasteiger partial charge >= 0.3 is 6.09 Å². The van der Waals surface area contributed by atoms with Gasteiger partial charge in [-0.1, -0.05) is 30.3 Å². The molecule has 8 heteroatoms. The second-order valence-corrected chi connectivity index (χ2v) is 7.17. The average molecular weight is 395 g/mol. The fraction of sp³-hybridized carbons (Fsp3) is 0.238. The summed E-state index contributed by atoms with van der Waals surface area (Å²) in [4.78, 5) is 22.6. The van der Waals surface area contributed by atoms with Crippen molar-refractivity contribution in [3.63, 3.8) is 0 Å². The number of benzene rings is 2. The van der Waals surface area contributed by atoms with Crippen LogP contribution in [-0.4, -0.2) is 21.7 Å². The number of nitriles is 1. The van der Waals surface area contributed by atoms with Crippen LogP contribution in [0.25, 0.3) is 5.57 Å². The highest BCUT2D eigenvalue weighted by Crippen LogP contribution is 2.28. The summed E-state index contributed by atoms with van der Waals surface area (Å²) in [7, 11) is 0. The molecular formula is C21H21N3O5. The lowest BCUT2D eigenvalue weighted by atomic mass is 9.98. The van der Waals surface area contributed by atoms with Gasteiger partial charge in [0.15, 0.2) is 0 Å². The van der Waals surface area contributed by atoms with E-state index >= 15 is 0 Å². The number of nitro groups is 1. The largest absolute Gasteiger partial charge is 0.508 e. The summed E-state index contributed by atoms with van der Waals surface area (Å²) in [5.41, 5.74) is -0.198. The van der Waals surface area contributed by atoms with E-state index in [1.54, 1.807) is 51.1 Å². The van der Waals surface area contributed by atoms with Crippen molar-refractivity contribution < 1.29 is 19.6 Å². The molecule has 150 valence electrons. The molecule has 2 aromatic rings. The van der Waals surface area contributed by atoms with Crippen LogP contribution in [0.4, 0.5) is 10.5 Å². The van der Waals surface area contributed by atoms with Crippen LogP contribution >= 0.6 is 0 Å². The third-order valence-electron chi connectivity index (χ3n) is 3.80. The van der Waals surface area contributed by atoms with Crippen LogP contribution in [0.1, 0.15) is 37.9 Å². The predicted octanol–water partition coefficient (Wildman–Crippen LogP) is 4.65. The molecule has 0 radical (unpaired) electrons. The number of nitro benzene ring substituents is 1. The highest BCUT2D eigenvalue weighted by molar-refractivity contribution is 5.80. The average Bonchev–Trinajstić information content (AvgIpc) is 2.66. The topological polar surface area (TPSA) is 125 Å². The van der Waals surface area contributed by atoms with Crippen LogP contribution in [0.2, 0.25) is 0 Å². The van der Waals surface area contributed by atoms with Crippen molar-refractivity contribution in [2.24, 2.45) is 0 Å². The zero-order valence-electron chi connectivity index (χ0n) is 16.2. The molecule has 0 spiro atoms. The Morgan fingerprint density at radius 3 is 2.24 bits per heavy atom. The molecule has 0 fully saturated rings. The van der Waals surface area contributed by atoms with Crippen molar-refractivity contribution in [3.05, 3.63) is 81.6 Å². The maximum Gasteiger partial charge on any atom is 0.408 e. The van der Waals surface area contributed by atoms with Gasteiger partial charge in [0.1, 0.15) is 23.5 Å². The number of carbonyl (C=O) groups is 1. The normalized spacial score (nSPS) is 12.9. The van der Waals surface area contributed by atoms with E-state index in [0.717, 1.165) is 0 Å². The van der Waals surface area contributed by atoms with Crippen LogP contribution in [0.15, 0.2) is 60.4 Å².